The molecule has 0 heterocycles. The Morgan fingerprint density at radius 2 is 1.73 bits per heavy atom. The highest BCUT2D eigenvalue weighted by Crippen LogP contribution is 2.17. The number of ether oxygens (including phenoxy) is 2. The zero-order chi connectivity index (χ0) is 18.5. The molecule has 0 radical (unpaired) electrons. The maximum atomic E-state index is 5.71. The van der Waals surface area contributed by atoms with Crippen molar-refractivity contribution in [1.82, 2.24) is 10.6 Å². The van der Waals surface area contributed by atoms with Crippen molar-refractivity contribution in [3.8, 4) is 5.75 Å². The van der Waals surface area contributed by atoms with Crippen LogP contribution < -0.4 is 15.4 Å². The molecule has 140 valence electrons. The molecule has 0 amide bonds. The minimum Gasteiger partial charge on any atom is -0.496 e. The number of thioether (sulfide) groups is 1. The summed E-state index contributed by atoms with van der Waals surface area (Å²) in [5.41, 5.74) is 1.05. The van der Waals surface area contributed by atoms with Gasteiger partial charge in [-0.15, -0.1) is 11.8 Å². The molecule has 0 bridgehead atoms. The van der Waals surface area contributed by atoms with Crippen LogP contribution >= 0.6 is 11.8 Å². The molecule has 0 atom stereocenters. The van der Waals surface area contributed by atoms with E-state index in [4.69, 9.17) is 9.47 Å². The zero-order valence-corrected chi connectivity index (χ0v) is 16.2. The van der Waals surface area contributed by atoms with Crippen molar-refractivity contribution in [2.45, 2.75) is 11.5 Å². The van der Waals surface area contributed by atoms with E-state index < -0.39 is 0 Å². The van der Waals surface area contributed by atoms with Crippen LogP contribution in [0.25, 0.3) is 0 Å². The van der Waals surface area contributed by atoms with E-state index in [1.54, 1.807) is 14.2 Å². The molecule has 0 saturated heterocycles. The quantitative estimate of drug-likeness (QED) is 0.290. The van der Waals surface area contributed by atoms with Crippen LogP contribution in [-0.2, 0) is 11.3 Å². The van der Waals surface area contributed by atoms with Gasteiger partial charge < -0.3 is 20.1 Å². The van der Waals surface area contributed by atoms with Crippen molar-refractivity contribution < 1.29 is 9.47 Å². The number of rotatable bonds is 10. The lowest BCUT2D eigenvalue weighted by molar-refractivity contribution is 0.123. The average Bonchev–Trinajstić information content (AvgIpc) is 2.70. The number of para-hydroxylation sites is 1. The van der Waals surface area contributed by atoms with Gasteiger partial charge >= 0.3 is 0 Å². The molecule has 6 heteroatoms. The van der Waals surface area contributed by atoms with Crippen molar-refractivity contribution in [2.24, 2.45) is 4.99 Å². The lowest BCUT2D eigenvalue weighted by Gasteiger charge is -2.12. The highest BCUT2D eigenvalue weighted by atomic mass is 32.2. The number of nitrogens with zero attached hydrogens (tertiary/aromatic N) is 1. The summed E-state index contributed by atoms with van der Waals surface area (Å²) >= 11 is 1.82. The van der Waals surface area contributed by atoms with Gasteiger partial charge in [-0.2, -0.15) is 0 Å². The molecular formula is C20H27N3O2S. The zero-order valence-electron chi connectivity index (χ0n) is 15.4. The minimum absolute atomic E-state index is 0.533. The monoisotopic (exact) mass is 373 g/mol. The third-order valence-corrected chi connectivity index (χ3v) is 4.63. The number of benzene rings is 2. The van der Waals surface area contributed by atoms with Crippen molar-refractivity contribution in [3.05, 3.63) is 60.2 Å². The van der Waals surface area contributed by atoms with Gasteiger partial charge in [0.1, 0.15) is 5.75 Å². The molecule has 0 unspecified atom stereocenters. The molecule has 0 aromatic heterocycles. The first-order valence-corrected chi connectivity index (χ1v) is 9.64. The first kappa shape index (κ1) is 20.1. The molecule has 2 rings (SSSR count). The van der Waals surface area contributed by atoms with E-state index in [9.17, 15) is 0 Å². The molecule has 0 aliphatic carbocycles. The van der Waals surface area contributed by atoms with Gasteiger partial charge in [-0.25, -0.2) is 0 Å². The Hall–Kier alpha value is -2.18. The van der Waals surface area contributed by atoms with Gasteiger partial charge in [-0.1, -0.05) is 36.4 Å². The summed E-state index contributed by atoms with van der Waals surface area (Å²) in [5, 5.41) is 6.57. The molecule has 2 N–H and O–H groups in total. The third-order valence-electron chi connectivity index (χ3n) is 3.62. The van der Waals surface area contributed by atoms with Crippen LogP contribution in [0.4, 0.5) is 0 Å². The Kier molecular flexibility index (Phi) is 9.46. The average molecular weight is 374 g/mol. The molecule has 0 saturated carbocycles. The van der Waals surface area contributed by atoms with Gasteiger partial charge in [0.05, 0.1) is 20.3 Å². The van der Waals surface area contributed by atoms with E-state index >= 15 is 0 Å². The Morgan fingerprint density at radius 1 is 1.00 bits per heavy atom. The highest BCUT2D eigenvalue weighted by Gasteiger charge is 2.02. The van der Waals surface area contributed by atoms with Gasteiger partial charge in [-0.05, 0) is 18.2 Å². The fourth-order valence-electron chi connectivity index (χ4n) is 2.32. The number of methoxy groups -OCH3 is 1. The molecular weight excluding hydrogens is 346 g/mol. The summed E-state index contributed by atoms with van der Waals surface area (Å²) in [6.45, 7) is 2.67. The van der Waals surface area contributed by atoms with Crippen LogP contribution in [0.1, 0.15) is 5.56 Å². The Balaban J connectivity index is 1.57. The largest absolute Gasteiger partial charge is 0.496 e. The fraction of sp³-hybridized carbons (Fsp3) is 0.350. The lowest BCUT2D eigenvalue weighted by atomic mass is 10.2. The standard InChI is InChI=1S/C20H27N3O2S/c1-21-20(23-13-15-26-18-9-4-3-5-10-18)22-12-14-25-16-17-8-6-7-11-19(17)24-2/h3-11H,12-16H2,1-2H3,(H2,21,22,23). The third kappa shape index (κ3) is 7.37. The molecule has 0 aliphatic rings. The highest BCUT2D eigenvalue weighted by molar-refractivity contribution is 7.99. The topological polar surface area (TPSA) is 54.9 Å². The van der Waals surface area contributed by atoms with Gasteiger partial charge in [-0.3, -0.25) is 4.99 Å². The van der Waals surface area contributed by atoms with Gasteiger partial charge in [0.2, 0.25) is 0 Å². The Bertz CT molecular complexity index is 665. The second-order valence-corrected chi connectivity index (χ2v) is 6.62. The van der Waals surface area contributed by atoms with Gasteiger partial charge in [0.25, 0.3) is 0 Å². The summed E-state index contributed by atoms with van der Waals surface area (Å²) in [5.74, 6) is 2.63. The second kappa shape index (κ2) is 12.2. The number of hydrogen-bond donors (Lipinski definition) is 2. The van der Waals surface area contributed by atoms with E-state index in [2.05, 4.69) is 39.9 Å². The lowest BCUT2D eigenvalue weighted by Crippen LogP contribution is -2.39. The fourth-order valence-corrected chi connectivity index (χ4v) is 3.11. The molecule has 26 heavy (non-hydrogen) atoms. The summed E-state index contributed by atoms with van der Waals surface area (Å²) in [4.78, 5) is 5.51. The van der Waals surface area contributed by atoms with Crippen molar-refractivity contribution in [2.75, 3.05) is 39.6 Å². The number of aliphatic imine (C=N–C) groups is 1. The minimum atomic E-state index is 0.533. The number of nitrogens with one attached hydrogen (secondary N) is 2. The van der Waals surface area contributed by atoms with Crippen LogP contribution in [0, 0.1) is 0 Å². The van der Waals surface area contributed by atoms with Crippen LogP contribution in [-0.4, -0.2) is 45.6 Å². The normalized spacial score (nSPS) is 11.2. The Labute approximate surface area is 160 Å². The van der Waals surface area contributed by atoms with E-state index in [1.807, 2.05) is 42.1 Å². The summed E-state index contributed by atoms with van der Waals surface area (Å²) in [6, 6.07) is 18.3. The smallest absolute Gasteiger partial charge is 0.191 e. The molecule has 0 fully saturated rings. The van der Waals surface area contributed by atoms with Crippen molar-refractivity contribution in [1.29, 1.82) is 0 Å². The van der Waals surface area contributed by atoms with Crippen LogP contribution in [0.3, 0.4) is 0 Å². The maximum Gasteiger partial charge on any atom is 0.191 e. The Morgan fingerprint density at radius 3 is 2.50 bits per heavy atom. The van der Waals surface area contributed by atoms with E-state index in [0.29, 0.717) is 19.8 Å². The van der Waals surface area contributed by atoms with E-state index in [1.165, 1.54) is 4.90 Å². The number of guanidine groups is 1. The predicted molar refractivity (Wildman–Crippen MR) is 109 cm³/mol. The molecule has 2 aromatic carbocycles. The van der Waals surface area contributed by atoms with Gasteiger partial charge in [0, 0.05) is 36.3 Å². The predicted octanol–water partition coefficient (Wildman–Crippen LogP) is 3.17. The van der Waals surface area contributed by atoms with Crippen LogP contribution in [0.2, 0.25) is 0 Å². The van der Waals surface area contributed by atoms with Crippen molar-refractivity contribution >= 4 is 17.7 Å². The van der Waals surface area contributed by atoms with Crippen LogP contribution in [0.5, 0.6) is 5.75 Å². The van der Waals surface area contributed by atoms with Crippen LogP contribution in [0.15, 0.2) is 64.5 Å². The molecule has 0 aliphatic heterocycles. The first-order chi connectivity index (χ1) is 12.8. The van der Waals surface area contributed by atoms with E-state index in [-0.39, 0.29) is 0 Å². The second-order valence-electron chi connectivity index (χ2n) is 5.45. The SMILES string of the molecule is CN=C(NCCOCc1ccccc1OC)NCCSc1ccccc1. The first-order valence-electron chi connectivity index (χ1n) is 8.65. The summed E-state index contributed by atoms with van der Waals surface area (Å²) < 4.78 is 11.0. The molecule has 2 aromatic rings. The van der Waals surface area contributed by atoms with E-state index in [0.717, 1.165) is 29.6 Å². The van der Waals surface area contributed by atoms with Gasteiger partial charge in [0.15, 0.2) is 5.96 Å². The molecule has 5 nitrogen and oxygen atoms in total. The maximum absolute atomic E-state index is 5.71. The summed E-state index contributed by atoms with van der Waals surface area (Å²) in [7, 11) is 3.45. The molecule has 0 spiro atoms. The van der Waals surface area contributed by atoms with Crippen molar-refractivity contribution in [3.63, 3.8) is 0 Å². The number of hydrogen-bond acceptors (Lipinski definition) is 4. The summed E-state index contributed by atoms with van der Waals surface area (Å²) in [6.07, 6.45) is 0.